The molecule has 4 rings (SSSR count). The zero-order valence-electron chi connectivity index (χ0n) is 9.97. The van der Waals surface area contributed by atoms with Crippen molar-refractivity contribution in [3.8, 4) is 11.3 Å². The number of aryl methyl sites for hydroxylation is 1. The molecule has 2 aromatic carbocycles. The van der Waals surface area contributed by atoms with E-state index < -0.39 is 0 Å². The summed E-state index contributed by atoms with van der Waals surface area (Å²) in [7, 11) is 0. The van der Waals surface area contributed by atoms with Crippen molar-refractivity contribution in [1.82, 2.24) is 4.57 Å². The summed E-state index contributed by atoms with van der Waals surface area (Å²) in [5.41, 5.74) is 5.10. The number of rotatable bonds is 0. The zero-order chi connectivity index (χ0) is 12.3. The van der Waals surface area contributed by atoms with E-state index >= 15 is 0 Å². The van der Waals surface area contributed by atoms with Crippen LogP contribution in [0.3, 0.4) is 0 Å². The van der Waals surface area contributed by atoms with Gasteiger partial charge in [-0.25, -0.2) is 0 Å². The minimum absolute atomic E-state index is 0.0879. The van der Waals surface area contributed by atoms with Gasteiger partial charge in [-0.2, -0.15) is 0 Å². The van der Waals surface area contributed by atoms with Crippen LogP contribution in [-0.4, -0.2) is 10.5 Å². The third-order valence-corrected chi connectivity index (χ3v) is 3.74. The van der Waals surface area contributed by atoms with Crippen LogP contribution < -0.4 is 0 Å². The van der Waals surface area contributed by atoms with E-state index in [1.54, 1.807) is 0 Å². The van der Waals surface area contributed by atoms with Crippen molar-refractivity contribution in [2.24, 2.45) is 0 Å². The van der Waals surface area contributed by atoms with E-state index in [-0.39, 0.29) is 5.91 Å². The van der Waals surface area contributed by atoms with Crippen LogP contribution >= 0.6 is 0 Å². The Morgan fingerprint density at radius 2 is 1.56 bits per heavy atom. The van der Waals surface area contributed by atoms with Crippen LogP contribution in [0.25, 0.3) is 22.2 Å². The Labute approximate surface area is 104 Å². The molecule has 0 saturated heterocycles. The maximum Gasteiger partial charge on any atom is 0.263 e. The fourth-order valence-corrected chi connectivity index (χ4v) is 2.93. The minimum atomic E-state index is 0.0879. The summed E-state index contributed by atoms with van der Waals surface area (Å²) in [5, 5.41) is 1.16. The highest BCUT2D eigenvalue weighted by Crippen LogP contribution is 2.40. The lowest BCUT2D eigenvalue weighted by molar-refractivity contribution is 0.0973. The molecule has 2 nitrogen and oxygen atoms in total. The molecule has 1 aliphatic rings. The molecular formula is C16H11NO. The molecular weight excluding hydrogens is 222 g/mol. The van der Waals surface area contributed by atoms with Gasteiger partial charge in [0.2, 0.25) is 0 Å². The Hall–Kier alpha value is -2.35. The van der Waals surface area contributed by atoms with Crippen LogP contribution in [-0.2, 0) is 0 Å². The van der Waals surface area contributed by atoms with Crippen LogP contribution in [0, 0.1) is 6.92 Å². The summed E-state index contributed by atoms with van der Waals surface area (Å²) in [6, 6.07) is 15.9. The number of para-hydroxylation sites is 1. The van der Waals surface area contributed by atoms with E-state index in [9.17, 15) is 4.79 Å². The largest absolute Gasteiger partial charge is 0.275 e. The maximum absolute atomic E-state index is 12.5. The molecule has 0 bridgehead atoms. The molecule has 0 N–H and O–H groups in total. The lowest BCUT2D eigenvalue weighted by Crippen LogP contribution is -2.05. The quantitative estimate of drug-likeness (QED) is 0.454. The Balaban J connectivity index is 2.24. The van der Waals surface area contributed by atoms with Crippen molar-refractivity contribution in [2.45, 2.75) is 6.92 Å². The first kappa shape index (κ1) is 9.66. The summed E-state index contributed by atoms with van der Waals surface area (Å²) in [4.78, 5) is 12.5. The van der Waals surface area contributed by atoms with Gasteiger partial charge in [0.05, 0.1) is 11.2 Å². The van der Waals surface area contributed by atoms with Gasteiger partial charge in [0.25, 0.3) is 5.91 Å². The van der Waals surface area contributed by atoms with Crippen molar-refractivity contribution in [3.05, 3.63) is 59.7 Å². The summed E-state index contributed by atoms with van der Waals surface area (Å²) >= 11 is 0. The molecule has 0 fully saturated rings. The lowest BCUT2D eigenvalue weighted by atomic mass is 10.0. The molecule has 0 aliphatic carbocycles. The second-order valence-corrected chi connectivity index (χ2v) is 4.68. The van der Waals surface area contributed by atoms with E-state index in [1.165, 1.54) is 5.56 Å². The predicted molar refractivity (Wildman–Crippen MR) is 71.8 cm³/mol. The van der Waals surface area contributed by atoms with Gasteiger partial charge in [-0.1, -0.05) is 36.4 Å². The van der Waals surface area contributed by atoms with Crippen LogP contribution in [0.5, 0.6) is 0 Å². The van der Waals surface area contributed by atoms with Gasteiger partial charge in [-0.3, -0.25) is 9.36 Å². The van der Waals surface area contributed by atoms with Gasteiger partial charge >= 0.3 is 0 Å². The first-order valence-corrected chi connectivity index (χ1v) is 6.03. The minimum Gasteiger partial charge on any atom is -0.275 e. The zero-order valence-corrected chi connectivity index (χ0v) is 9.97. The van der Waals surface area contributed by atoms with E-state index in [0.717, 1.165) is 27.7 Å². The van der Waals surface area contributed by atoms with E-state index in [1.807, 2.05) is 47.0 Å². The number of carbonyl (C=O) groups is 1. The van der Waals surface area contributed by atoms with Gasteiger partial charge < -0.3 is 0 Å². The monoisotopic (exact) mass is 233 g/mol. The first-order chi connectivity index (χ1) is 8.79. The highest BCUT2D eigenvalue weighted by atomic mass is 16.2. The topological polar surface area (TPSA) is 22.0 Å². The third-order valence-electron chi connectivity index (χ3n) is 3.74. The molecule has 86 valence electrons. The van der Waals surface area contributed by atoms with Crippen molar-refractivity contribution in [3.63, 3.8) is 0 Å². The van der Waals surface area contributed by atoms with Crippen molar-refractivity contribution >= 4 is 16.8 Å². The Morgan fingerprint density at radius 3 is 2.39 bits per heavy atom. The van der Waals surface area contributed by atoms with Crippen LogP contribution in [0.2, 0.25) is 0 Å². The second-order valence-electron chi connectivity index (χ2n) is 4.68. The van der Waals surface area contributed by atoms with Crippen LogP contribution in [0.1, 0.15) is 15.9 Å². The third kappa shape index (κ3) is 0.962. The van der Waals surface area contributed by atoms with Crippen LogP contribution in [0.15, 0.2) is 48.5 Å². The lowest BCUT2D eigenvalue weighted by Gasteiger charge is -1.98. The molecule has 0 saturated carbocycles. The number of hydrogen-bond acceptors (Lipinski definition) is 1. The Morgan fingerprint density at radius 1 is 0.889 bits per heavy atom. The van der Waals surface area contributed by atoms with Gasteiger partial charge in [0.15, 0.2) is 0 Å². The fraction of sp³-hybridized carbons (Fsp3) is 0.0625. The number of carbonyl (C=O) groups excluding carboxylic acids is 1. The number of nitrogens with zero attached hydrogens (tertiary/aromatic N) is 1. The normalized spacial score (nSPS) is 12.8. The summed E-state index contributed by atoms with van der Waals surface area (Å²) in [6.45, 7) is 2.09. The molecule has 0 amide bonds. The van der Waals surface area contributed by atoms with Gasteiger partial charge in [0, 0.05) is 16.5 Å². The molecule has 0 radical (unpaired) electrons. The van der Waals surface area contributed by atoms with Gasteiger partial charge in [0.1, 0.15) is 0 Å². The van der Waals surface area contributed by atoms with E-state index in [0.29, 0.717) is 0 Å². The standard InChI is InChI=1S/C16H11NO/c1-10-11-6-4-5-9-14(11)17-15(10)12-7-2-3-8-13(12)16(17)18/h2-9H,1H3. The molecule has 2 heteroatoms. The number of hydrogen-bond donors (Lipinski definition) is 0. The summed E-state index contributed by atoms with van der Waals surface area (Å²) in [5.74, 6) is 0.0879. The fourth-order valence-electron chi connectivity index (χ4n) is 2.93. The maximum atomic E-state index is 12.5. The second kappa shape index (κ2) is 3.10. The van der Waals surface area contributed by atoms with E-state index in [2.05, 4.69) is 13.0 Å². The van der Waals surface area contributed by atoms with Crippen molar-refractivity contribution in [2.75, 3.05) is 0 Å². The highest BCUT2D eigenvalue weighted by molar-refractivity contribution is 6.15. The van der Waals surface area contributed by atoms with Gasteiger partial charge in [-0.05, 0) is 24.6 Å². The molecule has 3 aromatic rings. The number of benzene rings is 2. The van der Waals surface area contributed by atoms with Crippen LogP contribution in [0.4, 0.5) is 0 Å². The molecule has 2 heterocycles. The van der Waals surface area contributed by atoms with Crippen molar-refractivity contribution in [1.29, 1.82) is 0 Å². The molecule has 1 aliphatic heterocycles. The average molecular weight is 233 g/mol. The molecule has 1 aromatic heterocycles. The SMILES string of the molecule is Cc1c2n(c3ccccc13)C(=O)c1ccccc1-2. The summed E-state index contributed by atoms with van der Waals surface area (Å²) in [6.07, 6.45) is 0. The smallest absolute Gasteiger partial charge is 0.263 e. The molecule has 0 spiro atoms. The van der Waals surface area contributed by atoms with Gasteiger partial charge in [-0.15, -0.1) is 0 Å². The Kier molecular flexibility index (Phi) is 1.67. The molecule has 0 unspecified atom stereocenters. The highest BCUT2D eigenvalue weighted by Gasteiger charge is 2.30. The molecule has 18 heavy (non-hydrogen) atoms. The first-order valence-electron chi connectivity index (χ1n) is 6.03. The Bertz CT molecular complexity index is 811. The number of aromatic nitrogens is 1. The van der Waals surface area contributed by atoms with Crippen molar-refractivity contribution < 1.29 is 4.79 Å². The average Bonchev–Trinajstić information content (AvgIpc) is 2.87. The predicted octanol–water partition coefficient (Wildman–Crippen LogP) is 3.62. The molecule has 0 atom stereocenters. The van der Waals surface area contributed by atoms with E-state index in [4.69, 9.17) is 0 Å². The number of fused-ring (bicyclic) bond motifs is 5. The summed E-state index contributed by atoms with van der Waals surface area (Å²) < 4.78 is 1.84.